The fourth-order valence-corrected chi connectivity index (χ4v) is 2.95. The summed E-state index contributed by atoms with van der Waals surface area (Å²) in [5, 5.41) is 0. The van der Waals surface area contributed by atoms with Crippen molar-refractivity contribution in [2.24, 2.45) is 0 Å². The van der Waals surface area contributed by atoms with E-state index >= 15 is 0 Å². The van der Waals surface area contributed by atoms with Gasteiger partial charge in [0.15, 0.2) is 0 Å². The Morgan fingerprint density at radius 2 is 1.69 bits per heavy atom. The molecule has 1 amide bonds. The van der Waals surface area contributed by atoms with Gasteiger partial charge in [-0.25, -0.2) is 15.0 Å². The largest absolute Gasteiger partial charge is 0.339 e. The third kappa shape index (κ3) is 3.66. The number of H-pyrrole nitrogens is 1. The van der Waals surface area contributed by atoms with Crippen LogP contribution >= 0.6 is 0 Å². The Morgan fingerprint density at radius 1 is 1.08 bits per heavy atom. The molecule has 0 unspecified atom stereocenters. The molecule has 1 saturated heterocycles. The summed E-state index contributed by atoms with van der Waals surface area (Å²) in [4.78, 5) is 45.9. The average molecular weight is 357 g/mol. The summed E-state index contributed by atoms with van der Waals surface area (Å²) in [6.07, 6.45) is 4.82. The van der Waals surface area contributed by atoms with Crippen molar-refractivity contribution in [3.05, 3.63) is 40.6 Å². The van der Waals surface area contributed by atoms with Crippen LogP contribution in [0.4, 0.5) is 11.9 Å². The van der Waals surface area contributed by atoms with Crippen molar-refractivity contribution in [2.45, 2.75) is 13.8 Å². The number of nitrogens with one attached hydrogen (secondary N) is 1. The number of amides is 1. The summed E-state index contributed by atoms with van der Waals surface area (Å²) in [5.74, 6) is 0.898. The summed E-state index contributed by atoms with van der Waals surface area (Å²) in [6, 6.07) is 1.79. The van der Waals surface area contributed by atoms with E-state index < -0.39 is 5.56 Å². The zero-order valence-electron chi connectivity index (χ0n) is 15.1. The minimum atomic E-state index is -0.402. The first-order chi connectivity index (χ1) is 12.6. The van der Waals surface area contributed by atoms with Crippen molar-refractivity contribution in [1.29, 1.82) is 0 Å². The van der Waals surface area contributed by atoms with Crippen LogP contribution in [0.1, 0.15) is 24.2 Å². The predicted octanol–water partition coefficient (Wildman–Crippen LogP) is 0.369. The van der Waals surface area contributed by atoms with Gasteiger partial charge >= 0.3 is 0 Å². The number of rotatable bonds is 5. The van der Waals surface area contributed by atoms with E-state index in [1.54, 1.807) is 23.4 Å². The second-order valence-electron chi connectivity index (χ2n) is 5.95. The topological polar surface area (TPSA) is 98.3 Å². The van der Waals surface area contributed by atoms with Crippen molar-refractivity contribution >= 4 is 17.8 Å². The summed E-state index contributed by atoms with van der Waals surface area (Å²) in [5.41, 5.74) is -0.325. The molecule has 3 heterocycles. The van der Waals surface area contributed by atoms with Crippen LogP contribution in [0.25, 0.3) is 0 Å². The Bertz CT molecular complexity index is 796. The predicted molar refractivity (Wildman–Crippen MR) is 98.6 cm³/mol. The minimum Gasteiger partial charge on any atom is -0.339 e. The van der Waals surface area contributed by atoms with Crippen molar-refractivity contribution in [1.82, 2.24) is 24.8 Å². The molecule has 9 nitrogen and oxygen atoms in total. The van der Waals surface area contributed by atoms with Gasteiger partial charge in [-0.3, -0.25) is 14.6 Å². The Morgan fingerprint density at radius 3 is 2.27 bits per heavy atom. The van der Waals surface area contributed by atoms with E-state index in [4.69, 9.17) is 0 Å². The number of nitrogens with zero attached hydrogens (tertiary/aromatic N) is 6. The van der Waals surface area contributed by atoms with Gasteiger partial charge in [-0.15, -0.1) is 0 Å². The van der Waals surface area contributed by atoms with E-state index in [2.05, 4.69) is 24.8 Å². The van der Waals surface area contributed by atoms with Gasteiger partial charge in [0.25, 0.3) is 11.5 Å². The maximum Gasteiger partial charge on any atom is 0.265 e. The first kappa shape index (κ1) is 17.8. The lowest BCUT2D eigenvalue weighted by Gasteiger charge is -2.34. The van der Waals surface area contributed by atoms with Crippen molar-refractivity contribution < 1.29 is 4.79 Å². The van der Waals surface area contributed by atoms with E-state index in [1.165, 1.54) is 6.20 Å². The molecule has 0 bridgehead atoms. The highest BCUT2D eigenvalue weighted by Crippen LogP contribution is 2.13. The van der Waals surface area contributed by atoms with E-state index in [9.17, 15) is 9.59 Å². The molecule has 138 valence electrons. The van der Waals surface area contributed by atoms with Gasteiger partial charge in [0.2, 0.25) is 11.9 Å². The molecule has 1 aliphatic rings. The maximum absolute atomic E-state index is 12.3. The number of anilines is 2. The zero-order chi connectivity index (χ0) is 18.5. The molecule has 9 heteroatoms. The van der Waals surface area contributed by atoms with E-state index in [1.807, 2.05) is 18.7 Å². The number of carbonyl (C=O) groups is 1. The SMILES string of the molecule is CCN(CC)C(=O)c1cnc(N2CCN(c3ncccn3)CC2)[nH]c1=O. The van der Waals surface area contributed by atoms with Crippen LogP contribution in [0.5, 0.6) is 0 Å². The normalized spacial score (nSPS) is 14.4. The fourth-order valence-electron chi connectivity index (χ4n) is 2.95. The first-order valence-corrected chi connectivity index (χ1v) is 8.79. The van der Waals surface area contributed by atoms with Crippen molar-refractivity contribution in [3.63, 3.8) is 0 Å². The second-order valence-corrected chi connectivity index (χ2v) is 5.95. The molecule has 0 saturated carbocycles. The van der Waals surface area contributed by atoms with Crippen LogP contribution in [0.2, 0.25) is 0 Å². The fraction of sp³-hybridized carbons (Fsp3) is 0.471. The smallest absolute Gasteiger partial charge is 0.265 e. The monoisotopic (exact) mass is 357 g/mol. The van der Waals surface area contributed by atoms with E-state index in [-0.39, 0.29) is 11.5 Å². The zero-order valence-corrected chi connectivity index (χ0v) is 15.1. The van der Waals surface area contributed by atoms with Crippen molar-refractivity contribution in [2.75, 3.05) is 49.1 Å². The molecule has 1 fully saturated rings. The first-order valence-electron chi connectivity index (χ1n) is 8.79. The number of aromatic amines is 1. The molecule has 1 aliphatic heterocycles. The maximum atomic E-state index is 12.3. The molecule has 1 N–H and O–H groups in total. The molecular formula is C17H23N7O2. The van der Waals surface area contributed by atoms with Crippen LogP contribution in [-0.2, 0) is 0 Å². The van der Waals surface area contributed by atoms with Gasteiger partial charge in [0, 0.05) is 57.9 Å². The number of carbonyl (C=O) groups excluding carboxylic acids is 1. The van der Waals surface area contributed by atoms with Gasteiger partial charge in [-0.1, -0.05) is 0 Å². The highest BCUT2D eigenvalue weighted by molar-refractivity contribution is 5.93. The van der Waals surface area contributed by atoms with Gasteiger partial charge in [-0.2, -0.15) is 0 Å². The van der Waals surface area contributed by atoms with E-state index in [0.29, 0.717) is 38.1 Å². The Hall–Kier alpha value is -2.97. The van der Waals surface area contributed by atoms with Crippen molar-refractivity contribution in [3.8, 4) is 0 Å². The lowest BCUT2D eigenvalue weighted by atomic mass is 10.3. The Kier molecular flexibility index (Phi) is 5.45. The second kappa shape index (κ2) is 7.94. The molecule has 2 aromatic heterocycles. The van der Waals surface area contributed by atoms with Gasteiger partial charge in [-0.05, 0) is 19.9 Å². The quantitative estimate of drug-likeness (QED) is 0.825. The van der Waals surface area contributed by atoms with Gasteiger partial charge in [0.1, 0.15) is 5.56 Å². The summed E-state index contributed by atoms with van der Waals surface area (Å²) < 4.78 is 0. The number of aromatic nitrogens is 4. The Labute approximate surface area is 151 Å². The molecule has 0 radical (unpaired) electrons. The highest BCUT2D eigenvalue weighted by atomic mass is 16.2. The lowest BCUT2D eigenvalue weighted by molar-refractivity contribution is 0.0770. The standard InChI is InChI=1S/C17H23N7O2/c1-3-22(4-2)15(26)13-12-20-17(21-14(13)25)24-10-8-23(9-11-24)16-18-6-5-7-19-16/h5-7,12H,3-4,8-11H2,1-2H3,(H,20,21,25). The average Bonchev–Trinajstić information content (AvgIpc) is 2.69. The summed E-state index contributed by atoms with van der Waals surface area (Å²) in [6.45, 7) is 7.71. The molecule has 0 spiro atoms. The Balaban J connectivity index is 1.69. The van der Waals surface area contributed by atoms with Crippen LogP contribution < -0.4 is 15.4 Å². The summed E-state index contributed by atoms with van der Waals surface area (Å²) in [7, 11) is 0. The van der Waals surface area contributed by atoms with Gasteiger partial charge < -0.3 is 14.7 Å². The van der Waals surface area contributed by atoms with Crippen LogP contribution in [0.3, 0.4) is 0 Å². The summed E-state index contributed by atoms with van der Waals surface area (Å²) >= 11 is 0. The minimum absolute atomic E-state index is 0.0776. The molecule has 0 aromatic carbocycles. The van der Waals surface area contributed by atoms with Crippen LogP contribution in [-0.4, -0.2) is 70.0 Å². The molecule has 26 heavy (non-hydrogen) atoms. The molecule has 3 rings (SSSR count). The van der Waals surface area contributed by atoms with Gasteiger partial charge in [0.05, 0.1) is 0 Å². The van der Waals surface area contributed by atoms with Crippen LogP contribution in [0.15, 0.2) is 29.5 Å². The molecule has 2 aromatic rings. The number of hydrogen-bond acceptors (Lipinski definition) is 7. The van der Waals surface area contributed by atoms with Crippen LogP contribution in [0, 0.1) is 0 Å². The number of piperazine rings is 1. The molecule has 0 aliphatic carbocycles. The lowest BCUT2D eigenvalue weighted by Crippen LogP contribution is -2.48. The molecule has 0 atom stereocenters. The third-order valence-electron chi connectivity index (χ3n) is 4.48. The number of hydrogen-bond donors (Lipinski definition) is 1. The van der Waals surface area contributed by atoms with E-state index in [0.717, 1.165) is 13.1 Å². The highest BCUT2D eigenvalue weighted by Gasteiger charge is 2.22. The molecular weight excluding hydrogens is 334 g/mol. The third-order valence-corrected chi connectivity index (χ3v) is 4.48.